The van der Waals surface area contributed by atoms with Gasteiger partial charge in [0.2, 0.25) is 11.1 Å². The van der Waals surface area contributed by atoms with Gasteiger partial charge in [-0.2, -0.15) is 0 Å². The Morgan fingerprint density at radius 1 is 1.69 bits per heavy atom. The molecule has 0 saturated carbocycles. The van der Waals surface area contributed by atoms with Crippen molar-refractivity contribution in [1.82, 2.24) is 25.5 Å². The maximum absolute atomic E-state index is 10.7. The summed E-state index contributed by atoms with van der Waals surface area (Å²) in [6.45, 7) is 0. The number of hydrogen-bond donors (Lipinski definition) is 2. The Kier molecular flexibility index (Phi) is 1.93. The van der Waals surface area contributed by atoms with Crippen molar-refractivity contribution < 1.29 is 4.79 Å². The SMILES string of the molecule is Cn1nnnc1S[C@@H]1NC(=O)[C@H]1N. The third-order valence-corrected chi connectivity index (χ3v) is 2.95. The second-order valence-electron chi connectivity index (χ2n) is 2.66. The highest BCUT2D eigenvalue weighted by molar-refractivity contribution is 7.99. The first-order valence-corrected chi connectivity index (χ1v) is 4.51. The second-order valence-corrected chi connectivity index (χ2v) is 3.77. The molecular weight excluding hydrogens is 192 g/mol. The summed E-state index contributed by atoms with van der Waals surface area (Å²) >= 11 is 1.35. The van der Waals surface area contributed by atoms with Gasteiger partial charge in [-0.25, -0.2) is 4.68 Å². The smallest absolute Gasteiger partial charge is 0.240 e. The van der Waals surface area contributed by atoms with Gasteiger partial charge in [0, 0.05) is 7.05 Å². The first-order valence-electron chi connectivity index (χ1n) is 3.63. The average molecular weight is 200 g/mol. The van der Waals surface area contributed by atoms with Gasteiger partial charge in [0.1, 0.15) is 11.4 Å². The topological polar surface area (TPSA) is 98.7 Å². The number of thioether (sulfide) groups is 1. The van der Waals surface area contributed by atoms with Gasteiger partial charge >= 0.3 is 0 Å². The Balaban J connectivity index is 2.00. The molecule has 0 bridgehead atoms. The van der Waals surface area contributed by atoms with Crippen LogP contribution in [0.4, 0.5) is 0 Å². The lowest BCUT2D eigenvalue weighted by atomic mass is 10.2. The number of nitrogens with one attached hydrogen (secondary N) is 1. The number of aromatic nitrogens is 4. The van der Waals surface area contributed by atoms with E-state index >= 15 is 0 Å². The minimum atomic E-state index is -0.457. The average Bonchev–Trinajstić information content (AvgIpc) is 2.51. The summed E-state index contributed by atoms with van der Waals surface area (Å²) in [6.07, 6.45) is 0. The standard InChI is InChI=1S/C5H8N6OS/c1-11-5(8-9-10-11)13-4-2(6)3(12)7-4/h2,4H,6H2,1H3,(H,7,12)/t2-,4+/m1/s1. The van der Waals surface area contributed by atoms with E-state index in [0.717, 1.165) is 0 Å². The molecule has 1 aromatic rings. The fourth-order valence-corrected chi connectivity index (χ4v) is 1.85. The van der Waals surface area contributed by atoms with Gasteiger partial charge in [-0.3, -0.25) is 4.79 Å². The van der Waals surface area contributed by atoms with E-state index in [1.54, 1.807) is 7.05 Å². The molecule has 0 aliphatic carbocycles. The summed E-state index contributed by atoms with van der Waals surface area (Å²) in [5, 5.41) is 14.0. The molecule has 2 atom stereocenters. The summed E-state index contributed by atoms with van der Waals surface area (Å²) in [7, 11) is 1.73. The molecule has 0 aromatic carbocycles. The van der Waals surface area contributed by atoms with E-state index in [2.05, 4.69) is 20.8 Å². The number of hydrogen-bond acceptors (Lipinski definition) is 6. The zero-order valence-electron chi connectivity index (χ0n) is 6.84. The molecule has 2 rings (SSSR count). The van der Waals surface area contributed by atoms with Crippen molar-refractivity contribution >= 4 is 17.7 Å². The highest BCUT2D eigenvalue weighted by atomic mass is 32.2. The van der Waals surface area contributed by atoms with Gasteiger partial charge in [-0.05, 0) is 10.4 Å². The van der Waals surface area contributed by atoms with E-state index in [1.807, 2.05) is 0 Å². The van der Waals surface area contributed by atoms with Crippen molar-refractivity contribution in [1.29, 1.82) is 0 Å². The Labute approximate surface area is 78.0 Å². The fourth-order valence-electron chi connectivity index (χ4n) is 0.905. The quantitative estimate of drug-likeness (QED) is 0.540. The molecule has 70 valence electrons. The van der Waals surface area contributed by atoms with Gasteiger partial charge in [0.05, 0.1) is 0 Å². The molecule has 3 N–H and O–H groups in total. The molecule has 1 aliphatic heterocycles. The molecule has 7 nitrogen and oxygen atoms in total. The van der Waals surface area contributed by atoms with E-state index in [4.69, 9.17) is 5.73 Å². The van der Waals surface area contributed by atoms with Crippen LogP contribution in [-0.2, 0) is 11.8 Å². The van der Waals surface area contributed by atoms with Crippen LogP contribution in [0.5, 0.6) is 0 Å². The predicted octanol–water partition coefficient (Wildman–Crippen LogP) is -1.91. The van der Waals surface area contributed by atoms with E-state index in [0.29, 0.717) is 5.16 Å². The Morgan fingerprint density at radius 3 is 2.92 bits per heavy atom. The number of tetrazole rings is 1. The maximum atomic E-state index is 10.7. The Hall–Kier alpha value is -1.15. The minimum Gasteiger partial charge on any atom is -0.340 e. The van der Waals surface area contributed by atoms with E-state index < -0.39 is 6.04 Å². The van der Waals surface area contributed by atoms with Gasteiger partial charge in [-0.15, -0.1) is 5.10 Å². The molecule has 13 heavy (non-hydrogen) atoms. The third kappa shape index (κ3) is 1.38. The molecule has 2 heterocycles. The van der Waals surface area contributed by atoms with Gasteiger partial charge < -0.3 is 11.1 Å². The second kappa shape index (κ2) is 2.96. The fraction of sp³-hybridized carbons (Fsp3) is 0.600. The molecule has 1 fully saturated rings. The molecule has 0 unspecified atom stereocenters. The summed E-state index contributed by atoms with van der Waals surface area (Å²) in [6, 6.07) is -0.457. The van der Waals surface area contributed by atoms with Crippen LogP contribution in [0, 0.1) is 0 Å². The van der Waals surface area contributed by atoms with Crippen LogP contribution in [-0.4, -0.2) is 37.5 Å². The Morgan fingerprint density at radius 2 is 2.46 bits per heavy atom. The predicted molar refractivity (Wildman–Crippen MR) is 44.6 cm³/mol. The number of amides is 1. The summed E-state index contributed by atoms with van der Waals surface area (Å²) in [4.78, 5) is 10.7. The lowest BCUT2D eigenvalue weighted by molar-refractivity contribution is -0.128. The minimum absolute atomic E-state index is 0.114. The van der Waals surface area contributed by atoms with Crippen molar-refractivity contribution in [3.63, 3.8) is 0 Å². The number of rotatable bonds is 2. The highest BCUT2D eigenvalue weighted by Gasteiger charge is 2.37. The van der Waals surface area contributed by atoms with E-state index in [1.165, 1.54) is 16.4 Å². The highest BCUT2D eigenvalue weighted by Crippen LogP contribution is 2.24. The van der Waals surface area contributed by atoms with E-state index in [9.17, 15) is 4.79 Å². The molecule has 1 saturated heterocycles. The first kappa shape index (κ1) is 8.45. The Bertz CT molecular complexity index is 338. The molecule has 1 aliphatic rings. The van der Waals surface area contributed by atoms with Gasteiger partial charge in [-0.1, -0.05) is 11.8 Å². The number of nitrogens with zero attached hydrogens (tertiary/aromatic N) is 4. The van der Waals surface area contributed by atoms with Gasteiger partial charge in [0.15, 0.2) is 0 Å². The molecule has 1 amide bonds. The van der Waals surface area contributed by atoms with Crippen molar-refractivity contribution in [2.24, 2.45) is 12.8 Å². The molecule has 1 aromatic heterocycles. The monoisotopic (exact) mass is 200 g/mol. The molecule has 8 heteroatoms. The molecule has 0 radical (unpaired) electrons. The van der Waals surface area contributed by atoms with E-state index in [-0.39, 0.29) is 11.3 Å². The van der Waals surface area contributed by atoms with Crippen LogP contribution in [0.15, 0.2) is 5.16 Å². The zero-order valence-corrected chi connectivity index (χ0v) is 7.65. The molecular formula is C5H8N6OS. The largest absolute Gasteiger partial charge is 0.340 e. The van der Waals surface area contributed by atoms with Crippen molar-refractivity contribution in [2.75, 3.05) is 0 Å². The van der Waals surface area contributed by atoms with Crippen molar-refractivity contribution in [3.05, 3.63) is 0 Å². The van der Waals surface area contributed by atoms with Gasteiger partial charge in [0.25, 0.3) is 0 Å². The number of nitrogens with two attached hydrogens (primary N) is 1. The summed E-state index contributed by atoms with van der Waals surface area (Å²) in [5.74, 6) is -0.132. The normalized spacial score (nSPS) is 26.8. The number of carbonyl (C=O) groups is 1. The third-order valence-electron chi connectivity index (χ3n) is 1.73. The van der Waals surface area contributed by atoms with Crippen LogP contribution in [0.3, 0.4) is 0 Å². The number of aryl methyl sites for hydroxylation is 1. The lowest BCUT2D eigenvalue weighted by Gasteiger charge is -2.32. The van der Waals surface area contributed by atoms with Crippen LogP contribution in [0.2, 0.25) is 0 Å². The first-order chi connectivity index (χ1) is 6.18. The van der Waals surface area contributed by atoms with Crippen LogP contribution in [0.1, 0.15) is 0 Å². The van der Waals surface area contributed by atoms with Crippen molar-refractivity contribution in [3.8, 4) is 0 Å². The number of β-lactam (4-membered cyclic amide) rings is 1. The summed E-state index contributed by atoms with van der Waals surface area (Å²) < 4.78 is 1.53. The van der Waals surface area contributed by atoms with Crippen LogP contribution in [0.25, 0.3) is 0 Å². The van der Waals surface area contributed by atoms with Crippen molar-refractivity contribution in [2.45, 2.75) is 16.6 Å². The zero-order chi connectivity index (χ0) is 9.42. The molecule has 0 spiro atoms. The maximum Gasteiger partial charge on any atom is 0.240 e. The number of carbonyl (C=O) groups excluding carboxylic acids is 1. The summed E-state index contributed by atoms with van der Waals surface area (Å²) in [5.41, 5.74) is 5.52. The van der Waals surface area contributed by atoms with Crippen LogP contribution < -0.4 is 11.1 Å². The van der Waals surface area contributed by atoms with Crippen LogP contribution >= 0.6 is 11.8 Å². The lowest BCUT2D eigenvalue weighted by Crippen LogP contribution is -2.65.